The van der Waals surface area contributed by atoms with E-state index in [0.717, 1.165) is 24.2 Å². The van der Waals surface area contributed by atoms with Crippen molar-refractivity contribution in [2.75, 3.05) is 20.2 Å². The van der Waals surface area contributed by atoms with Gasteiger partial charge in [0.25, 0.3) is 0 Å². The second-order valence-corrected chi connectivity index (χ2v) is 7.36. The van der Waals surface area contributed by atoms with Gasteiger partial charge in [-0.3, -0.25) is 4.79 Å². The molecule has 0 saturated heterocycles. The van der Waals surface area contributed by atoms with Gasteiger partial charge in [-0.2, -0.15) is 0 Å². The summed E-state index contributed by atoms with van der Waals surface area (Å²) in [6, 6.07) is 15.7. The van der Waals surface area contributed by atoms with Gasteiger partial charge in [0.2, 0.25) is 5.91 Å². The second-order valence-electron chi connectivity index (χ2n) is 6.92. The van der Waals surface area contributed by atoms with Gasteiger partial charge in [-0.05, 0) is 60.2 Å². The van der Waals surface area contributed by atoms with Gasteiger partial charge < -0.3 is 9.64 Å². The smallest absolute Gasteiger partial charge is 0.246 e. The van der Waals surface area contributed by atoms with Crippen molar-refractivity contribution in [3.05, 3.63) is 70.8 Å². The molecule has 0 bridgehead atoms. The zero-order valence-electron chi connectivity index (χ0n) is 16.3. The average Bonchev–Trinajstić information content (AvgIpc) is 2.67. The Labute approximate surface area is 167 Å². The molecule has 0 aliphatic rings. The number of nitrogens with zero attached hydrogens (tertiary/aromatic N) is 1. The maximum absolute atomic E-state index is 12.2. The van der Waals surface area contributed by atoms with Crippen molar-refractivity contribution < 1.29 is 9.53 Å². The van der Waals surface area contributed by atoms with Crippen molar-refractivity contribution >= 4 is 23.6 Å². The Morgan fingerprint density at radius 1 is 1.07 bits per heavy atom. The van der Waals surface area contributed by atoms with Crippen LogP contribution in [0.25, 0.3) is 6.08 Å². The number of halogens is 1. The largest absolute Gasteiger partial charge is 0.494 e. The van der Waals surface area contributed by atoms with Gasteiger partial charge in [0.1, 0.15) is 5.75 Å². The molecule has 0 spiro atoms. The molecule has 0 aliphatic carbocycles. The Morgan fingerprint density at radius 3 is 2.37 bits per heavy atom. The molecule has 144 valence electrons. The highest BCUT2D eigenvalue weighted by Gasteiger charge is 2.05. The molecule has 0 fully saturated rings. The summed E-state index contributed by atoms with van der Waals surface area (Å²) in [5.74, 6) is 1.34. The van der Waals surface area contributed by atoms with E-state index in [0.29, 0.717) is 24.1 Å². The Hall–Kier alpha value is -2.26. The van der Waals surface area contributed by atoms with Crippen LogP contribution in [0.3, 0.4) is 0 Å². The van der Waals surface area contributed by atoms with Crippen molar-refractivity contribution in [2.24, 2.45) is 0 Å². The summed E-state index contributed by atoms with van der Waals surface area (Å²) in [6.07, 6.45) is 5.29. The fraction of sp³-hybridized carbons (Fsp3) is 0.348. The van der Waals surface area contributed by atoms with Crippen LogP contribution in [0.1, 0.15) is 43.7 Å². The molecule has 0 aromatic heterocycles. The lowest BCUT2D eigenvalue weighted by molar-refractivity contribution is -0.124. The molecule has 0 heterocycles. The Balaban J connectivity index is 1.68. The average molecular weight is 386 g/mol. The summed E-state index contributed by atoms with van der Waals surface area (Å²) in [7, 11) is 1.83. The van der Waals surface area contributed by atoms with Gasteiger partial charge in [0.05, 0.1) is 6.61 Å². The van der Waals surface area contributed by atoms with E-state index in [1.165, 1.54) is 5.56 Å². The second kappa shape index (κ2) is 10.8. The molecule has 2 aromatic carbocycles. The first-order chi connectivity index (χ1) is 13.0. The van der Waals surface area contributed by atoms with Crippen molar-refractivity contribution in [3.63, 3.8) is 0 Å². The van der Waals surface area contributed by atoms with Crippen LogP contribution in [-0.2, 0) is 4.79 Å². The molecule has 1 amide bonds. The number of hydrogen-bond acceptors (Lipinski definition) is 2. The molecule has 0 N–H and O–H groups in total. The van der Waals surface area contributed by atoms with E-state index < -0.39 is 0 Å². The summed E-state index contributed by atoms with van der Waals surface area (Å²) < 4.78 is 5.66. The Morgan fingerprint density at radius 2 is 1.74 bits per heavy atom. The molecule has 0 aliphatic heterocycles. The van der Waals surface area contributed by atoms with Crippen LogP contribution in [0.4, 0.5) is 0 Å². The molecule has 4 heteroatoms. The summed E-state index contributed by atoms with van der Waals surface area (Å²) >= 11 is 5.85. The first kappa shape index (κ1) is 21.0. The van der Waals surface area contributed by atoms with E-state index in [9.17, 15) is 4.79 Å². The minimum Gasteiger partial charge on any atom is -0.494 e. The molecule has 3 nitrogen and oxygen atoms in total. The highest BCUT2D eigenvalue weighted by Crippen LogP contribution is 2.16. The number of carbonyl (C=O) groups excluding carboxylic acids is 1. The topological polar surface area (TPSA) is 29.5 Å². The lowest BCUT2D eigenvalue weighted by Gasteiger charge is -2.15. The third-order valence-electron chi connectivity index (χ3n) is 4.37. The van der Waals surface area contributed by atoms with Gasteiger partial charge in [-0.1, -0.05) is 49.7 Å². The van der Waals surface area contributed by atoms with Crippen LogP contribution in [0, 0.1) is 0 Å². The monoisotopic (exact) mass is 385 g/mol. The van der Waals surface area contributed by atoms with E-state index in [-0.39, 0.29) is 5.91 Å². The zero-order chi connectivity index (χ0) is 19.6. The van der Waals surface area contributed by atoms with Gasteiger partial charge in [-0.15, -0.1) is 0 Å². The molecular formula is C23H28ClNO2. The quantitative estimate of drug-likeness (QED) is 0.403. The van der Waals surface area contributed by atoms with E-state index >= 15 is 0 Å². The number of ether oxygens (including phenoxy) is 1. The summed E-state index contributed by atoms with van der Waals surface area (Å²) in [4.78, 5) is 13.9. The number of unbranched alkanes of at least 4 members (excludes halogenated alkanes) is 1. The number of carbonyl (C=O) groups is 1. The van der Waals surface area contributed by atoms with Crippen LogP contribution in [-0.4, -0.2) is 31.0 Å². The van der Waals surface area contributed by atoms with Crippen molar-refractivity contribution in [1.29, 1.82) is 0 Å². The first-order valence-corrected chi connectivity index (χ1v) is 9.75. The fourth-order valence-electron chi connectivity index (χ4n) is 2.57. The normalized spacial score (nSPS) is 11.1. The number of hydrogen-bond donors (Lipinski definition) is 0. The number of likely N-dealkylation sites (N-methyl/N-ethyl adjacent to an activating group) is 1. The van der Waals surface area contributed by atoms with Crippen LogP contribution >= 0.6 is 11.6 Å². The minimum atomic E-state index is 0.0153. The Bertz CT molecular complexity index is 736. The van der Waals surface area contributed by atoms with Crippen LogP contribution in [0.5, 0.6) is 5.75 Å². The molecule has 27 heavy (non-hydrogen) atoms. The third kappa shape index (κ3) is 7.48. The SMILES string of the molecule is CC(C)c1ccc(/C=C/C(=O)N(C)CCCCOc2ccc(Cl)cc2)cc1. The first-order valence-electron chi connectivity index (χ1n) is 9.37. The molecule has 0 unspecified atom stereocenters. The van der Waals surface area contributed by atoms with Gasteiger partial charge in [0, 0.05) is 24.7 Å². The molecular weight excluding hydrogens is 358 g/mol. The standard InChI is InChI=1S/C23H28ClNO2/c1-18(2)20-9-6-19(7-10-20)8-15-23(26)25(3)16-4-5-17-27-22-13-11-21(24)12-14-22/h6-15,18H,4-5,16-17H2,1-3H3/b15-8+. The highest BCUT2D eigenvalue weighted by molar-refractivity contribution is 6.30. The van der Waals surface area contributed by atoms with Crippen LogP contribution in [0.15, 0.2) is 54.6 Å². The van der Waals surface area contributed by atoms with Crippen LogP contribution < -0.4 is 4.74 Å². The lowest BCUT2D eigenvalue weighted by Crippen LogP contribution is -2.26. The Kier molecular flexibility index (Phi) is 8.41. The molecule has 2 aromatic rings. The minimum absolute atomic E-state index is 0.0153. The molecule has 0 radical (unpaired) electrons. The van der Waals surface area contributed by atoms with E-state index in [1.54, 1.807) is 11.0 Å². The van der Waals surface area contributed by atoms with Crippen molar-refractivity contribution in [3.8, 4) is 5.75 Å². The predicted octanol–water partition coefficient (Wildman–Crippen LogP) is 5.79. The molecule has 0 saturated carbocycles. The van der Waals surface area contributed by atoms with Crippen LogP contribution in [0.2, 0.25) is 5.02 Å². The summed E-state index contributed by atoms with van der Waals surface area (Å²) in [6.45, 7) is 5.68. The number of rotatable bonds is 9. The third-order valence-corrected chi connectivity index (χ3v) is 4.62. The summed E-state index contributed by atoms with van der Waals surface area (Å²) in [5.41, 5.74) is 2.34. The molecule has 2 rings (SSSR count). The van der Waals surface area contributed by atoms with Crippen molar-refractivity contribution in [1.82, 2.24) is 4.90 Å². The number of amides is 1. The lowest BCUT2D eigenvalue weighted by atomic mass is 10.0. The maximum atomic E-state index is 12.2. The number of benzene rings is 2. The zero-order valence-corrected chi connectivity index (χ0v) is 17.1. The molecule has 0 atom stereocenters. The highest BCUT2D eigenvalue weighted by atomic mass is 35.5. The van der Waals surface area contributed by atoms with E-state index in [1.807, 2.05) is 49.5 Å². The van der Waals surface area contributed by atoms with Gasteiger partial charge in [-0.25, -0.2) is 0 Å². The van der Waals surface area contributed by atoms with Crippen molar-refractivity contribution in [2.45, 2.75) is 32.6 Å². The van der Waals surface area contributed by atoms with Gasteiger partial charge in [0.15, 0.2) is 0 Å². The van der Waals surface area contributed by atoms with E-state index in [2.05, 4.69) is 26.0 Å². The van der Waals surface area contributed by atoms with Gasteiger partial charge >= 0.3 is 0 Å². The predicted molar refractivity (Wildman–Crippen MR) is 113 cm³/mol. The van der Waals surface area contributed by atoms with E-state index in [4.69, 9.17) is 16.3 Å². The fourth-order valence-corrected chi connectivity index (χ4v) is 2.69. The summed E-state index contributed by atoms with van der Waals surface area (Å²) in [5, 5.41) is 0.700. The maximum Gasteiger partial charge on any atom is 0.246 e.